The molecular formula is C16H26N2O5. The molecule has 0 bridgehead atoms. The molecule has 2 saturated heterocycles. The minimum absolute atomic E-state index is 0.111. The lowest BCUT2D eigenvalue weighted by atomic mass is 9.89. The average molecular weight is 326 g/mol. The summed E-state index contributed by atoms with van der Waals surface area (Å²) in [6.45, 7) is 6.64. The van der Waals surface area contributed by atoms with E-state index in [2.05, 4.69) is 19.2 Å². The highest BCUT2D eigenvalue weighted by Gasteiger charge is 2.44. The second-order valence-electron chi connectivity index (χ2n) is 7.14. The zero-order valence-corrected chi connectivity index (χ0v) is 14.0. The summed E-state index contributed by atoms with van der Waals surface area (Å²) in [6, 6.07) is -0.768. The van der Waals surface area contributed by atoms with Crippen LogP contribution in [0.2, 0.25) is 0 Å². The third kappa shape index (κ3) is 4.67. The number of ether oxygens (including phenoxy) is 1. The van der Waals surface area contributed by atoms with Gasteiger partial charge in [0, 0.05) is 32.4 Å². The first-order chi connectivity index (χ1) is 10.7. The molecule has 2 N–H and O–H groups in total. The fourth-order valence-electron chi connectivity index (χ4n) is 3.64. The van der Waals surface area contributed by atoms with E-state index in [9.17, 15) is 14.4 Å². The van der Waals surface area contributed by atoms with Crippen molar-refractivity contribution < 1.29 is 24.2 Å². The maximum Gasteiger partial charge on any atom is 0.303 e. The number of likely N-dealkylation sites (tertiary alicyclic amines) is 1. The van der Waals surface area contributed by atoms with Gasteiger partial charge in [-0.1, -0.05) is 0 Å². The molecule has 2 aliphatic heterocycles. The summed E-state index contributed by atoms with van der Waals surface area (Å²) in [5, 5.41) is 11.4. The van der Waals surface area contributed by atoms with E-state index in [4.69, 9.17) is 9.84 Å². The largest absolute Gasteiger partial charge is 0.481 e. The molecule has 0 aromatic rings. The van der Waals surface area contributed by atoms with Gasteiger partial charge in [0.25, 0.3) is 0 Å². The van der Waals surface area contributed by atoms with Crippen molar-refractivity contribution >= 4 is 17.8 Å². The van der Waals surface area contributed by atoms with Gasteiger partial charge in [0.05, 0.1) is 11.7 Å². The number of carboxylic acids is 1. The Labute approximate surface area is 136 Å². The Hall–Kier alpha value is -1.63. The number of piperidine rings is 1. The number of hydrogen-bond acceptors (Lipinski definition) is 4. The van der Waals surface area contributed by atoms with Crippen LogP contribution in [0.25, 0.3) is 0 Å². The molecule has 0 saturated carbocycles. The van der Waals surface area contributed by atoms with Crippen molar-refractivity contribution in [3.63, 3.8) is 0 Å². The molecule has 7 heteroatoms. The second-order valence-corrected chi connectivity index (χ2v) is 7.14. The quantitative estimate of drug-likeness (QED) is 0.778. The smallest absolute Gasteiger partial charge is 0.303 e. The van der Waals surface area contributed by atoms with Crippen molar-refractivity contribution in [3.8, 4) is 0 Å². The van der Waals surface area contributed by atoms with Gasteiger partial charge in [-0.25, -0.2) is 0 Å². The zero-order valence-electron chi connectivity index (χ0n) is 14.0. The Morgan fingerprint density at radius 3 is 2.70 bits per heavy atom. The molecule has 2 fully saturated rings. The van der Waals surface area contributed by atoms with Crippen molar-refractivity contribution in [2.75, 3.05) is 13.1 Å². The molecule has 2 aliphatic rings. The minimum Gasteiger partial charge on any atom is -0.481 e. The maximum absolute atomic E-state index is 12.7. The molecule has 7 nitrogen and oxygen atoms in total. The van der Waals surface area contributed by atoms with Crippen LogP contribution in [0.5, 0.6) is 0 Å². The Balaban J connectivity index is 1.99. The van der Waals surface area contributed by atoms with Crippen LogP contribution in [-0.2, 0) is 19.1 Å². The Morgan fingerprint density at radius 2 is 2.09 bits per heavy atom. The van der Waals surface area contributed by atoms with E-state index in [1.54, 1.807) is 4.90 Å². The molecule has 130 valence electrons. The van der Waals surface area contributed by atoms with Crippen LogP contribution in [-0.4, -0.2) is 58.6 Å². The molecule has 0 unspecified atom stereocenters. The summed E-state index contributed by atoms with van der Waals surface area (Å²) < 4.78 is 6.00. The number of fused-ring (bicyclic) bond motifs is 1. The molecular weight excluding hydrogens is 300 g/mol. The molecule has 3 atom stereocenters. The lowest BCUT2D eigenvalue weighted by Gasteiger charge is -2.36. The highest BCUT2D eigenvalue weighted by atomic mass is 16.5. The molecule has 0 radical (unpaired) electrons. The van der Waals surface area contributed by atoms with Crippen LogP contribution in [0.3, 0.4) is 0 Å². The Bertz CT molecular complexity index is 491. The highest BCUT2D eigenvalue weighted by molar-refractivity contribution is 5.87. The number of rotatable bonds is 5. The van der Waals surface area contributed by atoms with E-state index in [1.165, 1.54) is 6.92 Å². The van der Waals surface area contributed by atoms with E-state index in [-0.39, 0.29) is 36.4 Å². The number of carbonyl (C=O) groups is 3. The van der Waals surface area contributed by atoms with Gasteiger partial charge in [-0.3, -0.25) is 14.4 Å². The molecule has 0 aliphatic carbocycles. The highest BCUT2D eigenvalue weighted by Crippen LogP contribution is 2.39. The van der Waals surface area contributed by atoms with Crippen LogP contribution in [0.1, 0.15) is 46.5 Å². The Kier molecular flexibility index (Phi) is 5.29. The van der Waals surface area contributed by atoms with Crippen LogP contribution >= 0.6 is 0 Å². The van der Waals surface area contributed by atoms with E-state index >= 15 is 0 Å². The first-order valence-electron chi connectivity index (χ1n) is 8.13. The predicted molar refractivity (Wildman–Crippen MR) is 82.7 cm³/mol. The predicted octanol–water partition coefficient (Wildman–Crippen LogP) is 0.772. The van der Waals surface area contributed by atoms with Crippen LogP contribution in [0, 0.1) is 5.92 Å². The van der Waals surface area contributed by atoms with Crippen molar-refractivity contribution in [3.05, 3.63) is 0 Å². The molecule has 2 heterocycles. The third-order valence-corrected chi connectivity index (χ3v) is 4.52. The van der Waals surface area contributed by atoms with Gasteiger partial charge in [0.15, 0.2) is 0 Å². The van der Waals surface area contributed by atoms with Gasteiger partial charge in [-0.15, -0.1) is 0 Å². The third-order valence-electron chi connectivity index (χ3n) is 4.52. The molecule has 23 heavy (non-hydrogen) atoms. The molecule has 2 amide bonds. The normalized spacial score (nSPS) is 27.2. The SMILES string of the molecule is CC(=O)N[C@@H](CCC(=O)O)C(=O)N1CC[C@@H]2OC(C)(C)C[C@@H]2C1. The van der Waals surface area contributed by atoms with Crippen LogP contribution < -0.4 is 5.32 Å². The lowest BCUT2D eigenvalue weighted by Crippen LogP contribution is -2.52. The summed E-state index contributed by atoms with van der Waals surface area (Å²) in [7, 11) is 0. The van der Waals surface area contributed by atoms with Gasteiger partial charge in [-0.05, 0) is 33.1 Å². The number of amides is 2. The number of carboxylic acid groups (broad SMARTS) is 1. The van der Waals surface area contributed by atoms with Crippen LogP contribution in [0.4, 0.5) is 0 Å². The summed E-state index contributed by atoms with van der Waals surface area (Å²) in [6.07, 6.45) is 1.84. The minimum atomic E-state index is -0.974. The first kappa shape index (κ1) is 17.7. The topological polar surface area (TPSA) is 95.9 Å². The summed E-state index contributed by atoms with van der Waals surface area (Å²) in [5.74, 6) is -1.18. The number of hydrogen-bond donors (Lipinski definition) is 2. The number of nitrogens with one attached hydrogen (secondary N) is 1. The number of nitrogens with zero attached hydrogens (tertiary/aromatic N) is 1. The zero-order chi connectivity index (χ0) is 17.2. The monoisotopic (exact) mass is 326 g/mol. The summed E-state index contributed by atoms with van der Waals surface area (Å²) in [5.41, 5.74) is -0.158. The fourth-order valence-corrected chi connectivity index (χ4v) is 3.64. The molecule has 0 aromatic carbocycles. The van der Waals surface area contributed by atoms with Gasteiger partial charge in [-0.2, -0.15) is 0 Å². The Morgan fingerprint density at radius 1 is 1.39 bits per heavy atom. The first-order valence-corrected chi connectivity index (χ1v) is 8.13. The van der Waals surface area contributed by atoms with Gasteiger partial charge in [0.2, 0.25) is 11.8 Å². The molecule has 0 spiro atoms. The maximum atomic E-state index is 12.7. The molecule has 2 rings (SSSR count). The van der Waals surface area contributed by atoms with Crippen molar-refractivity contribution in [2.45, 2.75) is 64.2 Å². The van der Waals surface area contributed by atoms with Crippen molar-refractivity contribution in [1.29, 1.82) is 0 Å². The van der Waals surface area contributed by atoms with Gasteiger partial charge < -0.3 is 20.1 Å². The van der Waals surface area contributed by atoms with Crippen molar-refractivity contribution in [1.82, 2.24) is 10.2 Å². The van der Waals surface area contributed by atoms with E-state index in [0.717, 1.165) is 12.8 Å². The standard InChI is InChI=1S/C16H26N2O5/c1-10(19)17-12(4-5-14(20)21)15(22)18-7-6-13-11(9-18)8-16(2,3)23-13/h11-13H,4-9H2,1-3H3,(H,17,19)(H,20,21)/t11-,12+,13+/m1/s1. The number of aliphatic carboxylic acids is 1. The summed E-state index contributed by atoms with van der Waals surface area (Å²) >= 11 is 0. The average Bonchev–Trinajstić information content (AvgIpc) is 2.74. The molecule has 0 aromatic heterocycles. The van der Waals surface area contributed by atoms with Gasteiger partial charge >= 0.3 is 5.97 Å². The van der Waals surface area contributed by atoms with Crippen molar-refractivity contribution in [2.24, 2.45) is 5.92 Å². The van der Waals surface area contributed by atoms with E-state index in [1.807, 2.05) is 0 Å². The summed E-state index contributed by atoms with van der Waals surface area (Å²) in [4.78, 5) is 36.5. The van der Waals surface area contributed by atoms with E-state index in [0.29, 0.717) is 19.0 Å². The second kappa shape index (κ2) is 6.86. The number of carbonyl (C=O) groups excluding carboxylic acids is 2. The lowest BCUT2D eigenvalue weighted by molar-refractivity contribution is -0.141. The van der Waals surface area contributed by atoms with E-state index < -0.39 is 12.0 Å². The van der Waals surface area contributed by atoms with Crippen LogP contribution in [0.15, 0.2) is 0 Å². The fraction of sp³-hybridized carbons (Fsp3) is 0.812. The van der Waals surface area contributed by atoms with Gasteiger partial charge in [0.1, 0.15) is 6.04 Å².